The number of methoxy groups -OCH3 is 1. The fourth-order valence-electron chi connectivity index (χ4n) is 2.59. The van der Waals surface area contributed by atoms with E-state index in [1.54, 1.807) is 24.3 Å². The van der Waals surface area contributed by atoms with Gasteiger partial charge < -0.3 is 14.2 Å². The van der Waals surface area contributed by atoms with Gasteiger partial charge in [-0.2, -0.15) is 0 Å². The van der Waals surface area contributed by atoms with Crippen LogP contribution in [0.5, 0.6) is 11.5 Å². The third kappa shape index (κ3) is 5.26. The monoisotopic (exact) mass is 401 g/mol. The second kappa shape index (κ2) is 9.27. The number of benzene rings is 2. The van der Waals surface area contributed by atoms with E-state index in [0.717, 1.165) is 17.3 Å². The number of amides is 2. The van der Waals surface area contributed by atoms with Crippen molar-refractivity contribution in [2.75, 3.05) is 20.3 Å². The summed E-state index contributed by atoms with van der Waals surface area (Å²) in [4.78, 5) is 34.2. The minimum atomic E-state index is -0.392. The Morgan fingerprint density at radius 1 is 0.964 bits per heavy atom. The molecule has 0 radical (unpaired) electrons. The Kier molecular flexibility index (Phi) is 6.54. The molecule has 0 spiro atoms. The summed E-state index contributed by atoms with van der Waals surface area (Å²) in [6.45, 7) is 0.702. The minimum Gasteiger partial charge on any atom is -0.490 e. The summed E-state index contributed by atoms with van der Waals surface area (Å²) in [7, 11) is 1.34. The van der Waals surface area contributed by atoms with Crippen LogP contribution in [0.3, 0.4) is 0 Å². The predicted octanol–water partition coefficient (Wildman–Crippen LogP) is 2.83. The first kappa shape index (κ1) is 19.8. The normalized spacial score (nSPS) is 15.8. The van der Waals surface area contributed by atoms with Crippen LogP contribution in [-0.4, -0.2) is 42.7 Å². The van der Waals surface area contributed by atoms with Gasteiger partial charge in [0, 0.05) is 0 Å². The van der Waals surface area contributed by atoms with Crippen LogP contribution in [0.25, 0.3) is 0 Å². The lowest BCUT2D eigenvalue weighted by atomic mass is 10.1. The van der Waals surface area contributed by atoms with Crippen LogP contribution < -0.4 is 14.8 Å². The third-order valence-corrected chi connectivity index (χ3v) is 4.99. The zero-order chi connectivity index (χ0) is 19.9. The Hall–Kier alpha value is -3.00. The van der Waals surface area contributed by atoms with Gasteiger partial charge in [-0.3, -0.25) is 14.9 Å². The molecule has 0 bridgehead atoms. The first-order valence-electron chi connectivity index (χ1n) is 8.59. The molecule has 1 unspecified atom stereocenters. The fraction of sp³-hybridized carbons (Fsp3) is 0.250. The van der Waals surface area contributed by atoms with Crippen molar-refractivity contribution in [3.8, 4) is 11.5 Å². The van der Waals surface area contributed by atoms with Crippen LogP contribution in [0.15, 0.2) is 48.5 Å². The number of esters is 1. The molecule has 0 aromatic heterocycles. The SMILES string of the molecule is COC(=O)c1ccc(OCCOc2ccc(CC3SC(=O)NC3=O)cc2)cc1. The van der Waals surface area contributed by atoms with Gasteiger partial charge in [-0.15, -0.1) is 0 Å². The molecule has 1 heterocycles. The van der Waals surface area contributed by atoms with Crippen LogP contribution in [0, 0.1) is 0 Å². The lowest BCUT2D eigenvalue weighted by Crippen LogP contribution is -2.25. The maximum absolute atomic E-state index is 11.6. The zero-order valence-corrected chi connectivity index (χ0v) is 16.0. The number of rotatable bonds is 8. The highest BCUT2D eigenvalue weighted by molar-refractivity contribution is 8.15. The van der Waals surface area contributed by atoms with E-state index in [4.69, 9.17) is 9.47 Å². The van der Waals surface area contributed by atoms with Crippen molar-refractivity contribution >= 4 is 28.9 Å². The Morgan fingerprint density at radius 2 is 1.54 bits per heavy atom. The van der Waals surface area contributed by atoms with Crippen molar-refractivity contribution in [2.45, 2.75) is 11.7 Å². The molecule has 0 saturated carbocycles. The Morgan fingerprint density at radius 3 is 2.04 bits per heavy atom. The Bertz CT molecular complexity index is 850. The predicted molar refractivity (Wildman–Crippen MR) is 104 cm³/mol. The van der Waals surface area contributed by atoms with E-state index in [2.05, 4.69) is 10.1 Å². The van der Waals surface area contributed by atoms with Crippen LogP contribution in [0.2, 0.25) is 0 Å². The maximum Gasteiger partial charge on any atom is 0.337 e. The molecule has 1 aliphatic rings. The molecular formula is C20H19NO6S. The topological polar surface area (TPSA) is 90.9 Å². The number of carbonyl (C=O) groups excluding carboxylic acids is 3. The van der Waals surface area contributed by atoms with Gasteiger partial charge in [-0.05, 0) is 48.4 Å². The molecule has 2 amide bonds. The number of carbonyl (C=O) groups is 3. The largest absolute Gasteiger partial charge is 0.490 e. The highest BCUT2D eigenvalue weighted by atomic mass is 32.2. The van der Waals surface area contributed by atoms with Crippen molar-refractivity contribution in [3.63, 3.8) is 0 Å². The van der Waals surface area contributed by atoms with Gasteiger partial charge in [0.05, 0.1) is 17.9 Å². The lowest BCUT2D eigenvalue weighted by molar-refractivity contribution is -0.118. The number of hydrogen-bond donors (Lipinski definition) is 1. The van der Waals surface area contributed by atoms with E-state index in [1.165, 1.54) is 7.11 Å². The van der Waals surface area contributed by atoms with E-state index >= 15 is 0 Å². The highest BCUT2D eigenvalue weighted by Crippen LogP contribution is 2.24. The second-order valence-electron chi connectivity index (χ2n) is 5.94. The first-order chi connectivity index (χ1) is 13.5. The van der Waals surface area contributed by atoms with Crippen LogP contribution in [0.1, 0.15) is 15.9 Å². The molecule has 8 heteroatoms. The van der Waals surface area contributed by atoms with Crippen molar-refractivity contribution in [1.29, 1.82) is 0 Å². The number of thioether (sulfide) groups is 1. The van der Waals surface area contributed by atoms with Gasteiger partial charge in [-0.1, -0.05) is 23.9 Å². The van der Waals surface area contributed by atoms with E-state index < -0.39 is 5.97 Å². The highest BCUT2D eigenvalue weighted by Gasteiger charge is 2.31. The standard InChI is InChI=1S/C20H19NO6S/c1-25-19(23)14-4-8-16(9-5-14)27-11-10-26-15-6-2-13(3-7-15)12-17-18(22)21-20(24)28-17/h2-9,17H,10-12H2,1H3,(H,21,22,24). The molecule has 1 fully saturated rings. The molecule has 7 nitrogen and oxygen atoms in total. The summed E-state index contributed by atoms with van der Waals surface area (Å²) < 4.78 is 15.8. The fourth-order valence-corrected chi connectivity index (χ4v) is 3.45. The molecule has 0 aliphatic carbocycles. The Balaban J connectivity index is 1.41. The summed E-state index contributed by atoms with van der Waals surface area (Å²) in [5.41, 5.74) is 1.42. The van der Waals surface area contributed by atoms with Crippen molar-refractivity contribution in [3.05, 3.63) is 59.7 Å². The molecule has 1 aliphatic heterocycles. The molecule has 2 aromatic rings. The van der Waals surface area contributed by atoms with Crippen LogP contribution >= 0.6 is 11.8 Å². The average molecular weight is 401 g/mol. The van der Waals surface area contributed by atoms with Gasteiger partial charge in [-0.25, -0.2) is 4.79 Å². The van der Waals surface area contributed by atoms with Crippen LogP contribution in [0.4, 0.5) is 4.79 Å². The number of ether oxygens (including phenoxy) is 3. The number of imide groups is 1. The third-order valence-electron chi connectivity index (χ3n) is 4.01. The molecule has 3 rings (SSSR count). The Labute approximate surface area is 166 Å². The second-order valence-corrected chi connectivity index (χ2v) is 7.12. The lowest BCUT2D eigenvalue weighted by Gasteiger charge is -2.10. The van der Waals surface area contributed by atoms with Gasteiger partial charge in [0.1, 0.15) is 24.7 Å². The van der Waals surface area contributed by atoms with Gasteiger partial charge >= 0.3 is 5.97 Å². The minimum absolute atomic E-state index is 0.243. The maximum atomic E-state index is 11.6. The molecule has 2 aromatic carbocycles. The quantitative estimate of drug-likeness (QED) is 0.537. The molecular weight excluding hydrogens is 382 g/mol. The summed E-state index contributed by atoms with van der Waals surface area (Å²) >= 11 is 1.02. The van der Waals surface area contributed by atoms with Crippen molar-refractivity contribution in [1.82, 2.24) is 5.32 Å². The van der Waals surface area contributed by atoms with E-state index in [0.29, 0.717) is 36.7 Å². The van der Waals surface area contributed by atoms with Gasteiger partial charge in [0.25, 0.3) is 5.24 Å². The first-order valence-corrected chi connectivity index (χ1v) is 9.47. The van der Waals surface area contributed by atoms with Crippen molar-refractivity contribution in [2.24, 2.45) is 0 Å². The molecule has 1 N–H and O–H groups in total. The number of nitrogens with one attached hydrogen (secondary N) is 1. The van der Waals surface area contributed by atoms with Crippen molar-refractivity contribution < 1.29 is 28.6 Å². The van der Waals surface area contributed by atoms with E-state index in [1.807, 2.05) is 24.3 Å². The van der Waals surface area contributed by atoms with E-state index in [9.17, 15) is 14.4 Å². The molecule has 1 atom stereocenters. The summed E-state index contributed by atoms with van der Waals surface area (Å²) in [5.74, 6) is 0.686. The smallest absolute Gasteiger partial charge is 0.337 e. The zero-order valence-electron chi connectivity index (χ0n) is 15.2. The summed E-state index contributed by atoms with van der Waals surface area (Å²) in [6, 6.07) is 14.1. The van der Waals surface area contributed by atoms with Crippen LogP contribution in [-0.2, 0) is 16.0 Å². The molecule has 146 valence electrons. The molecule has 1 saturated heterocycles. The van der Waals surface area contributed by atoms with E-state index in [-0.39, 0.29) is 16.4 Å². The van der Waals surface area contributed by atoms with Gasteiger partial charge in [0.2, 0.25) is 5.91 Å². The summed E-state index contributed by atoms with van der Waals surface area (Å²) in [5, 5.41) is 1.61. The summed E-state index contributed by atoms with van der Waals surface area (Å²) in [6.07, 6.45) is 0.493. The number of hydrogen-bond acceptors (Lipinski definition) is 7. The average Bonchev–Trinajstić information content (AvgIpc) is 3.03. The molecule has 28 heavy (non-hydrogen) atoms. The van der Waals surface area contributed by atoms with Gasteiger partial charge in [0.15, 0.2) is 0 Å².